The van der Waals surface area contributed by atoms with Crippen molar-refractivity contribution in [2.45, 2.75) is 44.6 Å². The number of aromatic nitrogens is 4. The van der Waals surface area contributed by atoms with E-state index < -0.39 is 116 Å². The molecule has 0 fully saturated rings. The van der Waals surface area contributed by atoms with Gasteiger partial charge >= 0.3 is 0 Å². The number of hydrogen-bond acceptors (Lipinski definition) is 2. The summed E-state index contributed by atoms with van der Waals surface area (Å²) in [5, 5.41) is 1.08. The Morgan fingerprint density at radius 1 is 0.689 bits per heavy atom. The van der Waals surface area contributed by atoms with Crippen molar-refractivity contribution in [3.63, 3.8) is 0 Å². The van der Waals surface area contributed by atoms with Crippen molar-refractivity contribution >= 4 is 32.8 Å². The second-order valence-electron chi connectivity index (χ2n) is 14.1. The molecule has 0 radical (unpaired) electrons. The van der Waals surface area contributed by atoms with Gasteiger partial charge in [0.25, 0.3) is 6.33 Å². The van der Waals surface area contributed by atoms with Crippen LogP contribution in [0.1, 0.15) is 77.8 Å². The second kappa shape index (κ2) is 14.9. The number of ether oxygens (including phenoxy) is 1. The molecule has 0 spiro atoms. The Morgan fingerprint density at radius 3 is 2.08 bits per heavy atom. The zero-order valence-electron chi connectivity index (χ0n) is 55.4. The zero-order valence-corrected chi connectivity index (χ0v) is 33.7. The number of nitrogens with zero attached hydrogens (tertiary/aromatic N) is 4. The van der Waals surface area contributed by atoms with Gasteiger partial charge in [0.05, 0.1) is 30.4 Å². The van der Waals surface area contributed by atoms with Crippen LogP contribution >= 0.6 is 0 Å². The molecule has 0 aliphatic heterocycles. The largest absolute Gasteiger partial charge is 0.510 e. The van der Waals surface area contributed by atoms with Gasteiger partial charge in [-0.3, -0.25) is 4.57 Å². The summed E-state index contributed by atoms with van der Waals surface area (Å²) in [6.45, 7) is -15.5. The Hall–Kier alpha value is -6.55. The molecule has 1 aliphatic rings. The van der Waals surface area contributed by atoms with Gasteiger partial charge in [-0.05, 0) is 73.8 Å². The molecule has 61 heavy (non-hydrogen) atoms. The van der Waals surface area contributed by atoms with E-state index in [1.807, 2.05) is 0 Å². The third-order valence-electron chi connectivity index (χ3n) is 10.4. The molecule has 0 N–H and O–H groups in total. The van der Waals surface area contributed by atoms with Crippen LogP contribution in [0.15, 0.2) is 170 Å². The van der Waals surface area contributed by atoms with E-state index >= 15 is 0 Å². The van der Waals surface area contributed by atoms with Crippen LogP contribution in [-0.2, 0) is 31.9 Å². The first-order chi connectivity index (χ1) is 39.2. The number of para-hydroxylation sites is 4. The standard InChI is InChI=1S/C55H42N4O.Pt/c1-54(2)35-55(3,4)47-34-56-52(33-46(47)54)59-48-26-12-11-23-44(48)45-30-29-41(32-51(45)59)60-40-22-15-21-39(31-40)57-36-58(50-28-14-13-27-49(50)57)53-42(37-17-7-5-8-18-37)24-16-25-43(53)38-19-9-6-10-20-38;/h5-30,33-34H,35H2,1-4H3;/q-2;/i1D3,2D3,3D3,4D3,5D,6D,7D,8D,9D,10D,17D,18D,19D,20D,35D2;. The average Bonchev–Trinajstić information content (AvgIpc) is 1.49. The molecule has 10 aromatic rings. The number of hydrogen-bond donors (Lipinski definition) is 0. The minimum absolute atomic E-state index is 0. The summed E-state index contributed by atoms with van der Waals surface area (Å²) in [6, 6.07) is 27.5. The van der Waals surface area contributed by atoms with Crippen molar-refractivity contribution in [1.29, 1.82) is 0 Å². The molecule has 5 nitrogen and oxygen atoms in total. The van der Waals surface area contributed by atoms with Crippen molar-refractivity contribution in [2.75, 3.05) is 0 Å². The first-order valence-corrected chi connectivity index (χ1v) is 18.6. The van der Waals surface area contributed by atoms with Crippen molar-refractivity contribution in [3.8, 4) is 50.9 Å². The SMILES string of the molecule is [2H]c1c([2H])c([2H])c(-c2cccc(-c3c([2H])c([2H])c([2H])c([2H])c3[2H])c2-[n+]2[c-]n(-c3[c-]c(Oc4[c-]c5c(cc4)c4ccccc4n5-c4cc5c(cn4)C(C([2H])([2H])[2H])(C([2H])([2H])[2H])C([2H])([2H])C5(C([2H])([2H])[2H])C([2H])([2H])[2H])ccc3)c3ccccc32)c([2H])c1[2H].[Pt]. The third kappa shape index (κ3) is 6.51. The summed E-state index contributed by atoms with van der Waals surface area (Å²) in [6.07, 6.45) is 0.00748. The van der Waals surface area contributed by atoms with Gasteiger partial charge in [-0.2, -0.15) is 18.2 Å². The van der Waals surface area contributed by atoms with E-state index in [1.165, 1.54) is 27.3 Å². The molecular formula is C55H42N4OPt-2. The molecular weight excluding hydrogens is 928 g/mol. The smallest absolute Gasteiger partial charge is 0.268 e. The summed E-state index contributed by atoms with van der Waals surface area (Å²) < 4.78 is 220. The minimum Gasteiger partial charge on any atom is -0.510 e. The number of fused-ring (bicyclic) bond motifs is 5. The number of pyridine rings is 1. The van der Waals surface area contributed by atoms with Gasteiger partial charge in [-0.25, -0.2) is 4.98 Å². The van der Waals surface area contributed by atoms with Crippen LogP contribution < -0.4 is 9.30 Å². The Balaban J connectivity index is 0.00000803. The van der Waals surface area contributed by atoms with Gasteiger partial charge in [0.2, 0.25) is 0 Å². The van der Waals surface area contributed by atoms with Crippen LogP contribution in [0.5, 0.6) is 11.5 Å². The monoisotopic (exact) mass is 993 g/mol. The molecule has 6 heteroatoms. The predicted molar refractivity (Wildman–Crippen MR) is 242 cm³/mol. The number of rotatable bonds is 7. The molecule has 0 amide bonds. The second-order valence-corrected chi connectivity index (χ2v) is 14.1. The summed E-state index contributed by atoms with van der Waals surface area (Å²) in [7, 11) is 0. The number of imidazole rings is 1. The molecule has 0 atom stereocenters. The van der Waals surface area contributed by atoms with Gasteiger partial charge in [-0.15, -0.1) is 29.7 Å². The van der Waals surface area contributed by atoms with E-state index in [0.717, 1.165) is 12.3 Å². The topological polar surface area (TPSA) is 35.9 Å². The quantitative estimate of drug-likeness (QED) is 0.118. The van der Waals surface area contributed by atoms with Crippen LogP contribution in [0.3, 0.4) is 0 Å². The maximum absolute atomic E-state index is 9.35. The summed E-state index contributed by atoms with van der Waals surface area (Å²) in [5.74, 6) is -0.104. The molecule has 3 heterocycles. The van der Waals surface area contributed by atoms with Crippen LogP contribution in [0.25, 0.3) is 72.3 Å². The Labute approximate surface area is 404 Å². The zero-order chi connectivity index (χ0) is 61.1. The maximum atomic E-state index is 9.35. The van der Waals surface area contributed by atoms with Gasteiger partial charge in [0, 0.05) is 63.5 Å². The fourth-order valence-electron chi connectivity index (χ4n) is 7.87. The minimum atomic E-state index is -4.02. The van der Waals surface area contributed by atoms with Crippen molar-refractivity contribution in [1.82, 2.24) is 14.1 Å². The van der Waals surface area contributed by atoms with Crippen LogP contribution in [-0.4, -0.2) is 14.1 Å². The Kier molecular flexibility index (Phi) is 4.96. The molecule has 3 aromatic heterocycles. The van der Waals surface area contributed by atoms with Crippen LogP contribution in [0, 0.1) is 18.5 Å². The van der Waals surface area contributed by atoms with E-state index in [4.69, 9.17) is 34.9 Å². The molecule has 0 saturated heterocycles. The first kappa shape index (κ1) is 20.3. The molecule has 0 saturated carbocycles. The fourth-order valence-corrected chi connectivity index (χ4v) is 7.87. The van der Waals surface area contributed by atoms with Crippen molar-refractivity contribution in [3.05, 3.63) is 199 Å². The van der Waals surface area contributed by atoms with E-state index in [9.17, 15) is 2.74 Å². The Morgan fingerprint density at radius 2 is 1.34 bits per heavy atom. The van der Waals surface area contributed by atoms with E-state index in [-0.39, 0.29) is 71.8 Å². The van der Waals surface area contributed by atoms with Crippen molar-refractivity contribution < 1.29 is 63.3 Å². The fraction of sp³-hybridized carbons (Fsp3) is 0.127. The molecule has 1 aliphatic carbocycles. The van der Waals surface area contributed by atoms with Crippen molar-refractivity contribution in [2.24, 2.45) is 0 Å². The number of benzene rings is 7. The van der Waals surface area contributed by atoms with Gasteiger partial charge in [-0.1, -0.05) is 154 Å². The van der Waals surface area contributed by atoms with Crippen LogP contribution in [0.2, 0.25) is 0 Å². The predicted octanol–water partition coefficient (Wildman–Crippen LogP) is 12.9. The maximum Gasteiger partial charge on any atom is 0.268 e. The molecule has 300 valence electrons. The molecule has 0 unspecified atom stereocenters. The van der Waals surface area contributed by atoms with Crippen LogP contribution in [0.4, 0.5) is 0 Å². The summed E-state index contributed by atoms with van der Waals surface area (Å²) in [5.41, 5.74) is -7.88. The van der Waals surface area contributed by atoms with E-state index in [1.54, 1.807) is 83.4 Å². The normalized spacial score (nSPS) is 21.3. The molecule has 0 bridgehead atoms. The van der Waals surface area contributed by atoms with E-state index in [0.29, 0.717) is 33.0 Å². The summed E-state index contributed by atoms with van der Waals surface area (Å²) in [4.78, 5) is 4.47. The molecule has 11 rings (SSSR count). The third-order valence-corrected chi connectivity index (χ3v) is 10.4. The van der Waals surface area contributed by atoms with Gasteiger partial charge in [0.1, 0.15) is 5.82 Å². The molecule has 7 aromatic carbocycles. The van der Waals surface area contributed by atoms with Gasteiger partial charge in [0.15, 0.2) is 0 Å². The first-order valence-electron chi connectivity index (χ1n) is 30.6. The average molecular weight is 994 g/mol. The Bertz CT molecular complexity index is 4250. The van der Waals surface area contributed by atoms with Gasteiger partial charge < -0.3 is 13.9 Å². The van der Waals surface area contributed by atoms with E-state index in [2.05, 4.69) is 23.4 Å². The summed E-state index contributed by atoms with van der Waals surface area (Å²) >= 11 is 0.